The first kappa shape index (κ1) is 41.7. The molecule has 0 amide bonds. The van der Waals surface area contributed by atoms with Gasteiger partial charge in [-0.3, -0.25) is 18.2 Å². The first-order valence-corrected chi connectivity index (χ1v) is 21.9. The maximum absolute atomic E-state index is 12.7. The average Bonchev–Trinajstić information content (AvgIpc) is 3.05. The van der Waals surface area contributed by atoms with Crippen LogP contribution in [0.15, 0.2) is 96.5 Å². The summed E-state index contributed by atoms with van der Waals surface area (Å²) in [7, 11) is -24.5. The number of hydrogen-bond donors (Lipinski definition) is 8. The predicted molar refractivity (Wildman–Crippen MR) is 190 cm³/mol. The standard InChI is InChI=1S/C27H23N7O17S5/c35-24-22-14(11-21(55(45,46)47)23(24)34-33-18-6-1-2-7-20(18)54(42,43)44)10-17(53(39,40)41)13-19(22)29-26-30-25(31-27(36)32-26)28-15-4-3-5-16(12-15)52(37,38)9-8-51-56(48,49)50/h1-7,10-13,35H,8-9H2,(H,39,40,41)(H,42,43,44)(H,45,46,47)(H,48,49,50)(H3,28,29,30,31,32,36)/b34-33+. The number of azo groups is 1. The van der Waals surface area contributed by atoms with E-state index in [1.165, 1.54) is 24.3 Å². The van der Waals surface area contributed by atoms with Crippen molar-refractivity contribution in [3.63, 3.8) is 0 Å². The molecule has 29 heteroatoms. The van der Waals surface area contributed by atoms with Crippen LogP contribution in [0.5, 0.6) is 11.8 Å². The molecule has 0 aliphatic carbocycles. The fraction of sp³-hybridized carbons (Fsp3) is 0.0741. The lowest BCUT2D eigenvalue weighted by Gasteiger charge is -2.15. The molecule has 0 radical (unpaired) electrons. The molecule has 0 saturated heterocycles. The number of sulfone groups is 1. The Morgan fingerprint density at radius 2 is 1.29 bits per heavy atom. The Kier molecular flexibility index (Phi) is 11.3. The zero-order chi connectivity index (χ0) is 41.4. The summed E-state index contributed by atoms with van der Waals surface area (Å²) in [5.74, 6) is -3.15. The molecule has 0 atom stereocenters. The minimum Gasteiger partial charge on any atom is -0.505 e. The largest absolute Gasteiger partial charge is 0.505 e. The zero-order valence-electron chi connectivity index (χ0n) is 27.2. The molecule has 5 aromatic rings. The van der Waals surface area contributed by atoms with Crippen molar-refractivity contribution in [3.8, 4) is 11.8 Å². The van der Waals surface area contributed by atoms with Crippen molar-refractivity contribution >= 4 is 96.0 Å². The van der Waals surface area contributed by atoms with Crippen LogP contribution >= 0.6 is 0 Å². The molecular weight excluding hydrogens is 855 g/mol. The molecule has 0 fully saturated rings. The van der Waals surface area contributed by atoms with Gasteiger partial charge in [-0.15, -0.1) is 10.2 Å². The maximum Gasteiger partial charge on any atom is 0.397 e. The number of nitrogens with zero attached hydrogens (tertiary/aromatic N) is 5. The van der Waals surface area contributed by atoms with Crippen molar-refractivity contribution in [1.29, 1.82) is 0 Å². The van der Waals surface area contributed by atoms with Crippen LogP contribution in [0.1, 0.15) is 0 Å². The minimum atomic E-state index is -5.34. The number of rotatable bonds is 14. The van der Waals surface area contributed by atoms with Crippen molar-refractivity contribution in [2.45, 2.75) is 19.6 Å². The van der Waals surface area contributed by atoms with Gasteiger partial charge >= 0.3 is 16.4 Å². The van der Waals surface area contributed by atoms with E-state index in [1.807, 2.05) is 0 Å². The summed E-state index contributed by atoms with van der Waals surface area (Å²) >= 11 is 0. The van der Waals surface area contributed by atoms with Crippen LogP contribution in [0.3, 0.4) is 0 Å². The first-order valence-electron chi connectivity index (χ1n) is 14.5. The van der Waals surface area contributed by atoms with E-state index in [1.54, 1.807) is 0 Å². The minimum absolute atomic E-state index is 0.0295. The molecule has 1 aromatic heterocycles. The van der Waals surface area contributed by atoms with Crippen molar-refractivity contribution in [3.05, 3.63) is 66.7 Å². The second-order valence-corrected chi connectivity index (χ2v) is 18.3. The number of nitrogens with one attached hydrogen (secondary N) is 2. The van der Waals surface area contributed by atoms with Crippen LogP contribution in [-0.4, -0.2) is 97.8 Å². The van der Waals surface area contributed by atoms with Gasteiger partial charge in [-0.05, 0) is 53.9 Å². The quantitative estimate of drug-likeness (QED) is 0.0587. The van der Waals surface area contributed by atoms with E-state index in [2.05, 4.69) is 40.0 Å². The Hall–Kier alpha value is -5.50. The molecule has 0 aliphatic rings. The molecule has 0 bridgehead atoms. The Morgan fingerprint density at radius 3 is 1.91 bits per heavy atom. The Morgan fingerprint density at radius 1 is 0.643 bits per heavy atom. The second-order valence-electron chi connectivity index (χ2n) is 10.9. The third kappa shape index (κ3) is 10.0. The van der Waals surface area contributed by atoms with E-state index in [9.17, 15) is 66.0 Å². The summed E-state index contributed by atoms with van der Waals surface area (Å²) in [6, 6.07) is 10.2. The van der Waals surface area contributed by atoms with Gasteiger partial charge in [0.15, 0.2) is 15.6 Å². The molecule has 1 heterocycles. The number of phenolic OH excluding ortho intramolecular Hbond substituents is 1. The molecule has 24 nitrogen and oxygen atoms in total. The molecule has 4 aromatic carbocycles. The van der Waals surface area contributed by atoms with E-state index in [-0.39, 0.29) is 10.6 Å². The number of aromatic nitrogens is 3. The highest BCUT2D eigenvalue weighted by Crippen LogP contribution is 2.46. The van der Waals surface area contributed by atoms with E-state index in [0.29, 0.717) is 18.2 Å². The van der Waals surface area contributed by atoms with E-state index in [0.717, 1.165) is 24.3 Å². The van der Waals surface area contributed by atoms with Gasteiger partial charge in [0.1, 0.15) is 21.2 Å². The maximum atomic E-state index is 12.7. The summed E-state index contributed by atoms with van der Waals surface area (Å²) in [5, 5.41) is 32.9. The van der Waals surface area contributed by atoms with Crippen molar-refractivity contribution in [2.75, 3.05) is 23.0 Å². The molecule has 5 rings (SSSR count). The van der Waals surface area contributed by atoms with Gasteiger partial charge in [0.25, 0.3) is 30.4 Å². The number of anilines is 4. The third-order valence-electron chi connectivity index (χ3n) is 7.00. The lowest BCUT2D eigenvalue weighted by atomic mass is 10.1. The lowest BCUT2D eigenvalue weighted by Crippen LogP contribution is -2.15. The number of aromatic hydroxyl groups is 2. The number of phenols is 1. The molecule has 8 N–H and O–H groups in total. The van der Waals surface area contributed by atoms with Gasteiger partial charge in [-0.1, -0.05) is 18.2 Å². The van der Waals surface area contributed by atoms with E-state index < -0.39 is 129 Å². The number of hydrogen-bond acceptors (Lipinski definition) is 20. The van der Waals surface area contributed by atoms with Crippen LogP contribution in [-0.2, 0) is 54.8 Å². The summed E-state index contributed by atoms with van der Waals surface area (Å²) < 4.78 is 162. The van der Waals surface area contributed by atoms with E-state index in [4.69, 9.17) is 4.55 Å². The lowest BCUT2D eigenvalue weighted by molar-refractivity contribution is 0.284. The van der Waals surface area contributed by atoms with Gasteiger partial charge in [0.05, 0.1) is 27.8 Å². The highest BCUT2D eigenvalue weighted by Gasteiger charge is 2.27. The van der Waals surface area contributed by atoms with Crippen molar-refractivity contribution in [2.24, 2.45) is 10.2 Å². The number of benzene rings is 4. The Labute approximate surface area is 315 Å². The van der Waals surface area contributed by atoms with Crippen molar-refractivity contribution < 1.29 is 74.7 Å². The summed E-state index contributed by atoms with van der Waals surface area (Å²) in [4.78, 5) is 8.05. The van der Waals surface area contributed by atoms with Crippen LogP contribution in [0.2, 0.25) is 0 Å². The molecule has 298 valence electrons. The fourth-order valence-electron chi connectivity index (χ4n) is 4.72. The van der Waals surface area contributed by atoms with Gasteiger partial charge in [-0.25, -0.2) is 12.6 Å². The van der Waals surface area contributed by atoms with Gasteiger partial charge in [-0.2, -0.15) is 48.6 Å². The topological polar surface area (TPSA) is 389 Å². The van der Waals surface area contributed by atoms with Crippen LogP contribution in [0.25, 0.3) is 10.8 Å². The monoisotopic (exact) mass is 877 g/mol. The third-order valence-corrected chi connectivity index (χ3v) is 11.7. The fourth-order valence-corrected chi connectivity index (χ4v) is 8.08. The van der Waals surface area contributed by atoms with Gasteiger partial charge in [0.2, 0.25) is 11.9 Å². The predicted octanol–water partition coefficient (Wildman–Crippen LogP) is 2.67. The van der Waals surface area contributed by atoms with Gasteiger partial charge < -0.3 is 20.8 Å². The van der Waals surface area contributed by atoms with Gasteiger partial charge in [0, 0.05) is 11.1 Å². The second kappa shape index (κ2) is 15.2. The zero-order valence-corrected chi connectivity index (χ0v) is 31.3. The average molecular weight is 878 g/mol. The van der Waals surface area contributed by atoms with Crippen LogP contribution < -0.4 is 10.6 Å². The van der Waals surface area contributed by atoms with Crippen molar-refractivity contribution in [1.82, 2.24) is 15.0 Å². The van der Waals surface area contributed by atoms with Crippen LogP contribution in [0, 0.1) is 0 Å². The summed E-state index contributed by atoms with van der Waals surface area (Å²) in [6.45, 7) is -0.915. The molecule has 0 aliphatic heterocycles. The molecule has 0 spiro atoms. The van der Waals surface area contributed by atoms with E-state index >= 15 is 0 Å². The highest BCUT2D eigenvalue weighted by atomic mass is 32.3. The molecule has 0 unspecified atom stereocenters. The first-order chi connectivity index (χ1) is 25.8. The van der Waals surface area contributed by atoms with Crippen LogP contribution in [0.4, 0.5) is 34.6 Å². The summed E-state index contributed by atoms with van der Waals surface area (Å²) in [6.07, 6.45) is 0. The smallest absolute Gasteiger partial charge is 0.397 e. The molecule has 56 heavy (non-hydrogen) atoms. The Balaban J connectivity index is 1.61. The SMILES string of the molecule is O=S(=O)(O)OCCS(=O)(=O)c1cccc(Nc2nc(O)nc(Nc3cc(S(=O)(=O)O)cc4cc(S(=O)(=O)O)c(/N=N/c5ccccc5S(=O)(=O)O)c(O)c34)n2)c1. The Bertz CT molecular complexity index is 3000. The normalized spacial score (nSPS) is 12.9. The number of fused-ring (bicyclic) bond motifs is 1. The molecule has 0 saturated carbocycles. The highest BCUT2D eigenvalue weighted by molar-refractivity contribution is 7.91. The summed E-state index contributed by atoms with van der Waals surface area (Å²) in [5.41, 5.74) is -2.15. The molecular formula is C27H23N7O17S5.